The summed E-state index contributed by atoms with van der Waals surface area (Å²) in [6.45, 7) is 15.3. The van der Waals surface area contributed by atoms with Gasteiger partial charge in [-0.2, -0.15) is 4.02 Å². The maximum Gasteiger partial charge on any atom is 0.337 e. The van der Waals surface area contributed by atoms with E-state index >= 15 is 0 Å². The van der Waals surface area contributed by atoms with Gasteiger partial charge in [0.05, 0.1) is 35.4 Å². The number of nitrogens with zero attached hydrogens (tertiary/aromatic N) is 2. The summed E-state index contributed by atoms with van der Waals surface area (Å²) in [5.74, 6) is 0.837. The number of Topliss-reactive ketones (excluding diaryl/α,β-unsaturated/α-hetero) is 1. The molecule has 1 aliphatic heterocycles. The van der Waals surface area contributed by atoms with Gasteiger partial charge in [-0.1, -0.05) is 67.0 Å². The average molecular weight is 598 g/mol. The quantitative estimate of drug-likeness (QED) is 0.265. The fourth-order valence-corrected chi connectivity index (χ4v) is 5.48. The van der Waals surface area contributed by atoms with E-state index in [1.165, 1.54) is 7.11 Å². The van der Waals surface area contributed by atoms with Crippen molar-refractivity contribution in [2.75, 3.05) is 20.2 Å². The lowest BCUT2D eigenvalue weighted by molar-refractivity contribution is 0.0600. The van der Waals surface area contributed by atoms with Crippen LogP contribution in [-0.4, -0.2) is 47.8 Å². The first-order valence-corrected chi connectivity index (χ1v) is 14.2. The molecule has 1 saturated heterocycles. The highest BCUT2D eigenvalue weighted by Gasteiger charge is 2.35. The zero-order valence-electron chi connectivity index (χ0n) is 24.4. The van der Waals surface area contributed by atoms with Gasteiger partial charge in [-0.05, 0) is 53.2 Å². The second-order valence-corrected chi connectivity index (χ2v) is 12.7. The number of carbonyl (C=O) groups is 2. The highest BCUT2D eigenvalue weighted by Crippen LogP contribution is 2.40. The third-order valence-electron chi connectivity index (χ3n) is 7.19. The first-order valence-electron chi connectivity index (χ1n) is 13.5. The van der Waals surface area contributed by atoms with Crippen molar-refractivity contribution in [3.8, 4) is 5.75 Å². The number of carbonyl (C=O) groups excluding carboxylic acids is 2. The van der Waals surface area contributed by atoms with Crippen LogP contribution < -0.4 is 0 Å². The van der Waals surface area contributed by atoms with Crippen LogP contribution >= 0.6 is 16.1 Å². The van der Waals surface area contributed by atoms with Gasteiger partial charge in [0.1, 0.15) is 11.6 Å². The van der Waals surface area contributed by atoms with Gasteiger partial charge in [0, 0.05) is 34.7 Å². The van der Waals surface area contributed by atoms with Gasteiger partial charge in [0.25, 0.3) is 0 Å². The molecule has 2 aromatic rings. The van der Waals surface area contributed by atoms with E-state index in [2.05, 4.69) is 33.2 Å². The van der Waals surface area contributed by atoms with Crippen LogP contribution in [0, 0.1) is 5.92 Å². The number of halogens is 1. The van der Waals surface area contributed by atoms with Gasteiger partial charge in [-0.15, -0.1) is 0 Å². The second-order valence-electron chi connectivity index (χ2n) is 12.3. The molecule has 0 bridgehead atoms. The Bertz CT molecular complexity index is 1250. The number of hydrogen-bond acceptors (Lipinski definition) is 5. The van der Waals surface area contributed by atoms with Crippen molar-refractivity contribution in [1.82, 2.24) is 4.90 Å². The number of aromatic hydroxyl groups is 1. The smallest absolute Gasteiger partial charge is 0.337 e. The van der Waals surface area contributed by atoms with E-state index in [1.807, 2.05) is 70.7 Å². The molecule has 1 aliphatic rings. The molecule has 2 aromatic carbocycles. The van der Waals surface area contributed by atoms with Crippen LogP contribution in [0.2, 0.25) is 0 Å². The molecule has 1 fully saturated rings. The predicted molar refractivity (Wildman–Crippen MR) is 162 cm³/mol. The lowest BCUT2D eigenvalue weighted by Crippen LogP contribution is -2.32. The number of benzene rings is 2. The van der Waals surface area contributed by atoms with Crippen LogP contribution in [-0.2, 0) is 15.6 Å². The summed E-state index contributed by atoms with van der Waals surface area (Å²) < 4.78 is 9.24. The molecule has 39 heavy (non-hydrogen) atoms. The largest absolute Gasteiger partial charge is 0.507 e. The molecular weight excluding hydrogens is 556 g/mol. The molecule has 1 N–H and O–H groups in total. The van der Waals surface area contributed by atoms with Crippen LogP contribution in [0.5, 0.6) is 5.75 Å². The van der Waals surface area contributed by atoms with Crippen molar-refractivity contribution in [3.63, 3.8) is 0 Å². The number of hydrogen-bond donors (Lipinski definition) is 1. The van der Waals surface area contributed by atoms with E-state index < -0.39 is 0 Å². The van der Waals surface area contributed by atoms with Crippen molar-refractivity contribution >= 4 is 39.8 Å². The minimum absolute atomic E-state index is 0.0152. The second kappa shape index (κ2) is 12.1. The summed E-state index contributed by atoms with van der Waals surface area (Å²) in [5.41, 5.74) is 4.01. The van der Waals surface area contributed by atoms with E-state index in [9.17, 15) is 14.7 Å². The van der Waals surface area contributed by atoms with Gasteiger partial charge in [0.15, 0.2) is 5.78 Å². The van der Waals surface area contributed by atoms with Gasteiger partial charge in [0.2, 0.25) is 0 Å². The maximum atomic E-state index is 13.7. The number of ketones is 1. The molecule has 0 aliphatic carbocycles. The van der Waals surface area contributed by atoms with Crippen LogP contribution in [0.25, 0.3) is 6.08 Å². The number of rotatable bonds is 7. The molecule has 0 amide bonds. The number of phenolic OH excluding ortho intramolecular Hbond substituents is 1. The summed E-state index contributed by atoms with van der Waals surface area (Å²) in [6.07, 6.45) is 4.05. The molecule has 0 radical (unpaired) electrons. The van der Waals surface area contributed by atoms with Gasteiger partial charge in [-0.25, -0.2) is 4.79 Å². The minimum atomic E-state index is -0.371. The summed E-state index contributed by atoms with van der Waals surface area (Å²) in [6, 6.07) is 11.0. The monoisotopic (exact) mass is 596 g/mol. The molecule has 1 atom stereocenters. The molecule has 0 spiro atoms. The topological polar surface area (TPSA) is 79.2 Å². The molecule has 210 valence electrons. The third-order valence-corrected chi connectivity index (χ3v) is 7.53. The summed E-state index contributed by atoms with van der Waals surface area (Å²) >= 11 is 3.32. The van der Waals surface area contributed by atoms with Gasteiger partial charge in [-0.3, -0.25) is 4.79 Å². The van der Waals surface area contributed by atoms with Crippen LogP contribution in [0.3, 0.4) is 0 Å². The van der Waals surface area contributed by atoms with Crippen molar-refractivity contribution in [1.29, 1.82) is 0 Å². The molecule has 0 saturated carbocycles. The molecule has 6 nitrogen and oxygen atoms in total. The minimum Gasteiger partial charge on any atom is -0.507 e. The molecule has 1 unspecified atom stereocenters. The standard InChI is InChI=1S/C32H41BrN2O4/c1-9-10-22-18-35(29(34-33)24(22)15-20-11-13-21(14-12-20)30(38)39-8)19-27(36)23-16-25(31(2,3)4)28(37)26(17-23)32(5,6)7/h11-17,22,37H,9-10,18-19H2,1-8H3/b24-15+,34-29-. The van der Waals surface area contributed by atoms with Crippen LogP contribution in [0.15, 0.2) is 46.0 Å². The Kier molecular flexibility index (Phi) is 9.47. The predicted octanol–water partition coefficient (Wildman–Crippen LogP) is 7.48. The summed E-state index contributed by atoms with van der Waals surface area (Å²) in [4.78, 5) is 27.6. The Hall–Kier alpha value is -2.93. The Labute approximate surface area is 241 Å². The maximum absolute atomic E-state index is 13.7. The van der Waals surface area contributed by atoms with E-state index in [0.717, 1.165) is 40.9 Å². The van der Waals surface area contributed by atoms with Gasteiger partial charge >= 0.3 is 5.97 Å². The number of amidine groups is 1. The van der Waals surface area contributed by atoms with E-state index in [0.29, 0.717) is 17.7 Å². The summed E-state index contributed by atoms with van der Waals surface area (Å²) in [7, 11) is 1.37. The highest BCUT2D eigenvalue weighted by atomic mass is 79.9. The number of phenols is 1. The molecule has 3 rings (SSSR count). The number of ether oxygens (including phenoxy) is 1. The Morgan fingerprint density at radius 1 is 1.05 bits per heavy atom. The van der Waals surface area contributed by atoms with Crippen molar-refractivity contribution < 1.29 is 19.4 Å². The SMILES string of the molecule is CCCC1CN(CC(=O)c2cc(C(C)(C)C)c(O)c(C(C)(C)C)c2)C(=N\Br)/C1=C/c1ccc(C(=O)OC)cc1. The van der Waals surface area contributed by atoms with E-state index in [-0.39, 0.29) is 40.8 Å². The molecule has 7 heteroatoms. The van der Waals surface area contributed by atoms with Crippen LogP contribution in [0.1, 0.15) is 98.7 Å². The zero-order chi connectivity index (χ0) is 29.1. The lowest BCUT2D eigenvalue weighted by Gasteiger charge is -2.28. The van der Waals surface area contributed by atoms with Crippen molar-refractivity contribution in [3.05, 3.63) is 69.8 Å². The number of esters is 1. The average Bonchev–Trinajstić information content (AvgIpc) is 3.17. The lowest BCUT2D eigenvalue weighted by atomic mass is 9.78. The Morgan fingerprint density at radius 3 is 2.08 bits per heavy atom. The van der Waals surface area contributed by atoms with Crippen LogP contribution in [0.4, 0.5) is 0 Å². The molecule has 0 aromatic heterocycles. The first kappa shape index (κ1) is 30.6. The molecule has 1 heterocycles. The Balaban J connectivity index is 1.96. The Morgan fingerprint density at radius 2 is 1.62 bits per heavy atom. The normalized spacial score (nSPS) is 18.2. The first-order chi connectivity index (χ1) is 18.2. The molecular formula is C32H41BrN2O4. The fraction of sp³-hybridized carbons (Fsp3) is 0.469. The zero-order valence-corrected chi connectivity index (χ0v) is 26.0. The van der Waals surface area contributed by atoms with Crippen molar-refractivity contribution in [2.45, 2.75) is 72.1 Å². The third kappa shape index (κ3) is 6.99. The summed E-state index contributed by atoms with van der Waals surface area (Å²) in [5, 5.41) is 11.1. The van der Waals surface area contributed by atoms with E-state index in [4.69, 9.17) is 4.74 Å². The van der Waals surface area contributed by atoms with Crippen molar-refractivity contribution in [2.24, 2.45) is 9.94 Å². The number of methoxy groups -OCH3 is 1. The fourth-order valence-electron chi connectivity index (χ4n) is 5.05. The van der Waals surface area contributed by atoms with E-state index in [1.54, 1.807) is 12.1 Å². The highest BCUT2D eigenvalue weighted by molar-refractivity contribution is 9.08. The van der Waals surface area contributed by atoms with Gasteiger partial charge < -0.3 is 14.7 Å². The number of likely N-dealkylation sites (tertiary alicyclic amines) is 1.